The Bertz CT molecular complexity index is 633. The van der Waals surface area contributed by atoms with E-state index in [1.807, 2.05) is 6.07 Å². The quantitative estimate of drug-likeness (QED) is 0.645. The van der Waals surface area contributed by atoms with E-state index in [9.17, 15) is 14.9 Å². The lowest BCUT2D eigenvalue weighted by Gasteiger charge is -2.26. The lowest BCUT2D eigenvalue weighted by molar-refractivity contribution is 0.189. The minimum atomic E-state index is -0.601. The average Bonchev–Trinajstić information content (AvgIpc) is 2.49. The number of methoxy groups -OCH3 is 2. The molecule has 1 aromatic rings. The molecule has 1 aromatic heterocycles. The SMILES string of the molecule is COCCN(CCOC)c1c(C#N)c(=O)n(C)c(=O)n1C. The highest BCUT2D eigenvalue weighted by molar-refractivity contribution is 5.53. The molecule has 0 N–H and O–H groups in total. The number of anilines is 1. The first kappa shape index (κ1) is 16.9. The van der Waals surface area contributed by atoms with E-state index in [1.54, 1.807) is 19.1 Å². The van der Waals surface area contributed by atoms with Crippen LogP contribution in [0.25, 0.3) is 0 Å². The molecule has 21 heavy (non-hydrogen) atoms. The molecule has 0 amide bonds. The van der Waals surface area contributed by atoms with Crippen molar-refractivity contribution in [2.24, 2.45) is 14.1 Å². The number of hydrogen-bond donors (Lipinski definition) is 0. The molecule has 8 heteroatoms. The van der Waals surface area contributed by atoms with Crippen LogP contribution in [0, 0.1) is 11.3 Å². The first-order chi connectivity index (χ1) is 9.99. The fraction of sp³-hybridized carbons (Fsp3) is 0.615. The average molecular weight is 296 g/mol. The summed E-state index contributed by atoms with van der Waals surface area (Å²) in [4.78, 5) is 25.9. The zero-order valence-corrected chi connectivity index (χ0v) is 12.8. The molecule has 0 spiro atoms. The van der Waals surface area contributed by atoms with Gasteiger partial charge in [0.2, 0.25) is 0 Å². The van der Waals surface area contributed by atoms with Gasteiger partial charge in [0.25, 0.3) is 5.56 Å². The number of aromatic nitrogens is 2. The Morgan fingerprint density at radius 3 is 2.05 bits per heavy atom. The third kappa shape index (κ3) is 3.51. The largest absolute Gasteiger partial charge is 0.383 e. The molecule has 0 fully saturated rings. The Balaban J connectivity index is 3.46. The maximum absolute atomic E-state index is 12.1. The van der Waals surface area contributed by atoms with Gasteiger partial charge in [-0.15, -0.1) is 0 Å². The molecule has 0 unspecified atom stereocenters. The number of hydrogen-bond acceptors (Lipinski definition) is 6. The van der Waals surface area contributed by atoms with E-state index in [4.69, 9.17) is 9.47 Å². The molecule has 0 radical (unpaired) electrons. The van der Waals surface area contributed by atoms with Gasteiger partial charge in [-0.25, -0.2) is 4.79 Å². The summed E-state index contributed by atoms with van der Waals surface area (Å²) in [7, 11) is 6.00. The van der Waals surface area contributed by atoms with E-state index >= 15 is 0 Å². The normalized spacial score (nSPS) is 10.4. The van der Waals surface area contributed by atoms with Crippen LogP contribution in [0.2, 0.25) is 0 Å². The Morgan fingerprint density at radius 2 is 1.62 bits per heavy atom. The van der Waals surface area contributed by atoms with Gasteiger partial charge in [-0.2, -0.15) is 5.26 Å². The summed E-state index contributed by atoms with van der Waals surface area (Å²) in [6.45, 7) is 1.68. The zero-order valence-electron chi connectivity index (χ0n) is 12.8. The second-order valence-corrected chi connectivity index (χ2v) is 4.49. The first-order valence-corrected chi connectivity index (χ1v) is 6.42. The van der Waals surface area contributed by atoms with Crippen molar-refractivity contribution in [2.75, 3.05) is 45.4 Å². The van der Waals surface area contributed by atoms with Crippen LogP contribution in [0.5, 0.6) is 0 Å². The number of nitriles is 1. The molecule has 0 saturated carbocycles. The molecule has 0 aromatic carbocycles. The van der Waals surface area contributed by atoms with Crippen molar-refractivity contribution in [1.82, 2.24) is 9.13 Å². The van der Waals surface area contributed by atoms with Crippen LogP contribution in [-0.4, -0.2) is 49.7 Å². The van der Waals surface area contributed by atoms with Crippen molar-refractivity contribution in [3.8, 4) is 6.07 Å². The second kappa shape index (κ2) is 7.61. The Labute approximate surface area is 122 Å². The van der Waals surface area contributed by atoms with Gasteiger partial charge in [0.1, 0.15) is 11.9 Å². The van der Waals surface area contributed by atoms with E-state index < -0.39 is 11.2 Å². The van der Waals surface area contributed by atoms with Gasteiger partial charge in [0.05, 0.1) is 13.2 Å². The summed E-state index contributed by atoms with van der Waals surface area (Å²) in [6.07, 6.45) is 0. The highest BCUT2D eigenvalue weighted by Crippen LogP contribution is 2.14. The summed E-state index contributed by atoms with van der Waals surface area (Å²) >= 11 is 0. The van der Waals surface area contributed by atoms with Crippen molar-refractivity contribution in [3.05, 3.63) is 26.4 Å². The molecular weight excluding hydrogens is 276 g/mol. The van der Waals surface area contributed by atoms with Gasteiger partial charge in [-0.3, -0.25) is 13.9 Å². The minimum absolute atomic E-state index is 0.0631. The minimum Gasteiger partial charge on any atom is -0.383 e. The fourth-order valence-electron chi connectivity index (χ4n) is 2.03. The van der Waals surface area contributed by atoms with E-state index in [0.717, 1.165) is 4.57 Å². The zero-order chi connectivity index (χ0) is 16.0. The monoisotopic (exact) mass is 296 g/mol. The van der Waals surface area contributed by atoms with Crippen molar-refractivity contribution in [1.29, 1.82) is 5.26 Å². The Hall–Kier alpha value is -2.11. The van der Waals surface area contributed by atoms with Crippen molar-refractivity contribution >= 4 is 5.82 Å². The van der Waals surface area contributed by atoms with Crippen LogP contribution in [-0.2, 0) is 23.6 Å². The molecule has 0 bridgehead atoms. The fourth-order valence-corrected chi connectivity index (χ4v) is 2.03. The third-order valence-electron chi connectivity index (χ3n) is 3.18. The van der Waals surface area contributed by atoms with E-state index in [0.29, 0.717) is 32.1 Å². The van der Waals surface area contributed by atoms with Gasteiger partial charge in [-0.1, -0.05) is 0 Å². The Morgan fingerprint density at radius 1 is 1.10 bits per heavy atom. The predicted molar refractivity (Wildman–Crippen MR) is 77.6 cm³/mol. The van der Waals surface area contributed by atoms with Crippen molar-refractivity contribution in [2.45, 2.75) is 0 Å². The highest BCUT2D eigenvalue weighted by atomic mass is 16.5. The lowest BCUT2D eigenvalue weighted by Crippen LogP contribution is -2.44. The van der Waals surface area contributed by atoms with Crippen LogP contribution >= 0.6 is 0 Å². The third-order valence-corrected chi connectivity index (χ3v) is 3.18. The Kier molecular flexibility index (Phi) is 6.14. The van der Waals surface area contributed by atoms with Crippen LogP contribution in [0.15, 0.2) is 9.59 Å². The molecule has 0 aliphatic heterocycles. The second-order valence-electron chi connectivity index (χ2n) is 4.49. The maximum atomic E-state index is 12.1. The van der Waals surface area contributed by atoms with Gasteiger partial charge in [0.15, 0.2) is 5.56 Å². The topological polar surface area (TPSA) is 89.5 Å². The van der Waals surface area contributed by atoms with Crippen LogP contribution < -0.4 is 16.1 Å². The van der Waals surface area contributed by atoms with E-state index in [2.05, 4.69) is 0 Å². The molecule has 8 nitrogen and oxygen atoms in total. The molecule has 0 atom stereocenters. The highest BCUT2D eigenvalue weighted by Gasteiger charge is 2.20. The van der Waals surface area contributed by atoms with Crippen LogP contribution in [0.4, 0.5) is 5.82 Å². The van der Waals surface area contributed by atoms with Gasteiger partial charge in [0, 0.05) is 41.4 Å². The van der Waals surface area contributed by atoms with Gasteiger partial charge in [-0.05, 0) is 0 Å². The van der Waals surface area contributed by atoms with Crippen molar-refractivity contribution in [3.63, 3.8) is 0 Å². The summed E-state index contributed by atoms with van der Waals surface area (Å²) in [6, 6.07) is 1.89. The molecule has 0 aliphatic rings. The van der Waals surface area contributed by atoms with Crippen LogP contribution in [0.3, 0.4) is 0 Å². The van der Waals surface area contributed by atoms with E-state index in [-0.39, 0.29) is 5.56 Å². The van der Waals surface area contributed by atoms with Gasteiger partial charge >= 0.3 is 5.69 Å². The first-order valence-electron chi connectivity index (χ1n) is 6.42. The number of nitrogens with zero attached hydrogens (tertiary/aromatic N) is 4. The summed E-state index contributed by atoms with van der Waals surface area (Å²) in [5.74, 6) is 0.291. The smallest absolute Gasteiger partial charge is 0.332 e. The number of ether oxygens (including phenoxy) is 2. The maximum Gasteiger partial charge on any atom is 0.332 e. The standard InChI is InChI=1S/C13H20N4O4/c1-15-11(17(5-7-20-3)6-8-21-4)10(9-14)12(18)16(2)13(15)19/h5-8H2,1-4H3. The predicted octanol–water partition coefficient (Wildman–Crippen LogP) is -0.945. The van der Waals surface area contributed by atoms with Crippen molar-refractivity contribution < 1.29 is 9.47 Å². The molecule has 0 aliphatic carbocycles. The van der Waals surface area contributed by atoms with E-state index in [1.165, 1.54) is 18.7 Å². The van der Waals surface area contributed by atoms with Gasteiger partial charge < -0.3 is 14.4 Å². The molecule has 1 rings (SSSR count). The molecular formula is C13H20N4O4. The number of rotatable bonds is 7. The molecule has 116 valence electrons. The molecule has 1 heterocycles. The molecule has 0 saturated heterocycles. The summed E-state index contributed by atoms with van der Waals surface area (Å²) in [5, 5.41) is 9.27. The lowest BCUT2D eigenvalue weighted by atomic mass is 10.3. The summed E-state index contributed by atoms with van der Waals surface area (Å²) < 4.78 is 12.3. The summed E-state index contributed by atoms with van der Waals surface area (Å²) in [5.41, 5.74) is -1.14. The van der Waals surface area contributed by atoms with Crippen LogP contribution in [0.1, 0.15) is 5.56 Å².